The summed E-state index contributed by atoms with van der Waals surface area (Å²) in [5.41, 5.74) is 2.59. The smallest absolute Gasteiger partial charge is 0.335 e. The van der Waals surface area contributed by atoms with E-state index in [9.17, 15) is 14.4 Å². The highest BCUT2D eigenvalue weighted by Gasteiger charge is 2.37. The van der Waals surface area contributed by atoms with Crippen LogP contribution >= 0.6 is 11.6 Å². The first-order chi connectivity index (χ1) is 20.3. The highest BCUT2D eigenvalue weighted by atomic mass is 35.5. The van der Waals surface area contributed by atoms with Crippen molar-refractivity contribution in [3.63, 3.8) is 0 Å². The van der Waals surface area contributed by atoms with Crippen LogP contribution in [0.5, 0.6) is 17.2 Å². The van der Waals surface area contributed by atoms with Gasteiger partial charge >= 0.3 is 6.03 Å². The van der Waals surface area contributed by atoms with Crippen molar-refractivity contribution in [3.8, 4) is 17.2 Å². The van der Waals surface area contributed by atoms with Gasteiger partial charge in [0.25, 0.3) is 11.8 Å². The summed E-state index contributed by atoms with van der Waals surface area (Å²) in [5, 5.41) is 4.66. The molecule has 4 aromatic carbocycles. The molecule has 4 aromatic rings. The number of nitrogens with one attached hydrogen (secondary N) is 1. The van der Waals surface area contributed by atoms with E-state index in [-0.39, 0.29) is 17.2 Å². The fourth-order valence-electron chi connectivity index (χ4n) is 4.77. The molecule has 0 bridgehead atoms. The van der Waals surface area contributed by atoms with E-state index >= 15 is 0 Å². The maximum Gasteiger partial charge on any atom is 0.335 e. The third-order valence-electron chi connectivity index (χ3n) is 6.79. The van der Waals surface area contributed by atoms with E-state index in [4.69, 9.17) is 25.8 Å². The Bertz CT molecular complexity index is 1710. The number of aryl methyl sites for hydroxylation is 1. The second-order valence-electron chi connectivity index (χ2n) is 9.52. The predicted molar refractivity (Wildman–Crippen MR) is 162 cm³/mol. The van der Waals surface area contributed by atoms with E-state index in [0.717, 1.165) is 26.8 Å². The number of anilines is 1. The van der Waals surface area contributed by atoms with Crippen LogP contribution in [0, 0.1) is 6.92 Å². The summed E-state index contributed by atoms with van der Waals surface area (Å²) in [4.78, 5) is 39.6. The average Bonchev–Trinajstić information content (AvgIpc) is 2.97. The summed E-state index contributed by atoms with van der Waals surface area (Å²) in [6.07, 6.45) is 1.37. The van der Waals surface area contributed by atoms with Crippen molar-refractivity contribution < 1.29 is 28.6 Å². The number of benzene rings is 4. The fraction of sp³-hybridized carbons (Fsp3) is 0.182. The Labute approximate surface area is 248 Å². The van der Waals surface area contributed by atoms with Crippen molar-refractivity contribution in [2.24, 2.45) is 0 Å². The molecule has 0 aromatic heterocycles. The Morgan fingerprint density at radius 1 is 0.881 bits per heavy atom. The number of amides is 4. The molecule has 0 unspecified atom stereocenters. The molecule has 214 valence electrons. The van der Waals surface area contributed by atoms with E-state index in [2.05, 4.69) is 23.5 Å². The van der Waals surface area contributed by atoms with Crippen molar-refractivity contribution in [1.82, 2.24) is 5.32 Å². The summed E-state index contributed by atoms with van der Waals surface area (Å²) in [7, 11) is 0. The van der Waals surface area contributed by atoms with Crippen LogP contribution in [-0.4, -0.2) is 31.1 Å². The lowest BCUT2D eigenvalue weighted by Gasteiger charge is -2.26. The standard InChI is InChI=1S/C33H29ClN2O6/c1-4-40-24-14-12-23(13-15-24)36-32(38)26(31(37)35-33(36)39)16-21-17-28(34)30(29(18-21)41-5-2)42-19-27-20(3)10-11-22-8-6-7-9-25(22)27/h6-18H,4-5,19H2,1-3H3,(H,35,37,39)/b26-16+. The van der Waals surface area contributed by atoms with Gasteiger partial charge in [-0.2, -0.15) is 0 Å². The second kappa shape index (κ2) is 12.4. The molecule has 0 atom stereocenters. The minimum atomic E-state index is -0.841. The number of nitrogens with zero attached hydrogens (tertiary/aromatic N) is 1. The lowest BCUT2D eigenvalue weighted by atomic mass is 10.0. The molecule has 0 radical (unpaired) electrons. The van der Waals surface area contributed by atoms with E-state index in [1.54, 1.807) is 36.4 Å². The molecule has 8 nitrogen and oxygen atoms in total. The highest BCUT2D eigenvalue weighted by molar-refractivity contribution is 6.39. The monoisotopic (exact) mass is 584 g/mol. The fourth-order valence-corrected chi connectivity index (χ4v) is 5.05. The lowest BCUT2D eigenvalue weighted by Crippen LogP contribution is -2.54. The highest BCUT2D eigenvalue weighted by Crippen LogP contribution is 2.39. The summed E-state index contributed by atoms with van der Waals surface area (Å²) < 4.78 is 17.5. The van der Waals surface area contributed by atoms with Crippen LogP contribution in [0.1, 0.15) is 30.5 Å². The summed E-state index contributed by atoms with van der Waals surface area (Å²) in [6.45, 7) is 6.77. The second-order valence-corrected chi connectivity index (χ2v) is 9.93. The van der Waals surface area contributed by atoms with Gasteiger partial charge in [-0.15, -0.1) is 0 Å². The largest absolute Gasteiger partial charge is 0.494 e. The maximum absolute atomic E-state index is 13.4. The zero-order valence-corrected chi connectivity index (χ0v) is 24.2. The van der Waals surface area contributed by atoms with Gasteiger partial charge in [0.05, 0.1) is 23.9 Å². The topological polar surface area (TPSA) is 94.2 Å². The molecule has 5 rings (SSSR count). The molecular weight excluding hydrogens is 556 g/mol. The average molecular weight is 585 g/mol. The Morgan fingerprint density at radius 2 is 1.62 bits per heavy atom. The molecule has 1 saturated heterocycles. The predicted octanol–water partition coefficient (Wildman–Crippen LogP) is 6.84. The van der Waals surface area contributed by atoms with Crippen LogP contribution in [0.15, 0.2) is 78.4 Å². The van der Waals surface area contributed by atoms with Crippen molar-refractivity contribution in [1.29, 1.82) is 0 Å². The number of fused-ring (bicyclic) bond motifs is 1. The van der Waals surface area contributed by atoms with Crippen LogP contribution in [0.25, 0.3) is 16.8 Å². The van der Waals surface area contributed by atoms with Gasteiger partial charge in [0.15, 0.2) is 11.5 Å². The molecule has 0 aliphatic carbocycles. The first-order valence-electron chi connectivity index (χ1n) is 13.5. The van der Waals surface area contributed by atoms with Crippen molar-refractivity contribution in [2.45, 2.75) is 27.4 Å². The summed E-state index contributed by atoms with van der Waals surface area (Å²) >= 11 is 6.68. The number of imide groups is 2. The number of carbonyl (C=O) groups excluding carboxylic acids is 3. The third-order valence-corrected chi connectivity index (χ3v) is 7.07. The van der Waals surface area contributed by atoms with Gasteiger partial charge in [-0.05, 0) is 85.1 Å². The normalized spacial score (nSPS) is 14.3. The first kappa shape index (κ1) is 28.7. The first-order valence-corrected chi connectivity index (χ1v) is 13.9. The van der Waals surface area contributed by atoms with Crippen molar-refractivity contribution in [2.75, 3.05) is 18.1 Å². The quantitative estimate of drug-likeness (QED) is 0.171. The SMILES string of the molecule is CCOc1ccc(N2C(=O)NC(=O)/C(=C\c3cc(Cl)c(OCc4c(C)ccc5ccccc45)c(OCC)c3)C2=O)cc1. The van der Waals surface area contributed by atoms with Gasteiger partial charge in [-0.25, -0.2) is 9.69 Å². The van der Waals surface area contributed by atoms with Crippen LogP contribution in [0.2, 0.25) is 5.02 Å². The van der Waals surface area contributed by atoms with Crippen molar-refractivity contribution >= 4 is 52.0 Å². The van der Waals surface area contributed by atoms with Gasteiger partial charge in [-0.3, -0.25) is 14.9 Å². The molecule has 0 spiro atoms. The molecule has 1 aliphatic heterocycles. The number of carbonyl (C=O) groups is 3. The molecule has 42 heavy (non-hydrogen) atoms. The van der Waals surface area contributed by atoms with E-state index in [0.29, 0.717) is 41.7 Å². The van der Waals surface area contributed by atoms with Crippen LogP contribution in [0.3, 0.4) is 0 Å². The Morgan fingerprint density at radius 3 is 2.36 bits per heavy atom. The Balaban J connectivity index is 1.45. The molecule has 1 N–H and O–H groups in total. The van der Waals surface area contributed by atoms with E-state index < -0.39 is 17.8 Å². The number of hydrogen-bond acceptors (Lipinski definition) is 6. The number of rotatable bonds is 9. The van der Waals surface area contributed by atoms with Crippen LogP contribution in [0.4, 0.5) is 10.5 Å². The number of hydrogen-bond donors (Lipinski definition) is 1. The van der Waals surface area contributed by atoms with Gasteiger partial charge in [-0.1, -0.05) is 48.0 Å². The summed E-state index contributed by atoms with van der Waals surface area (Å²) in [6, 6.07) is 21.0. The van der Waals surface area contributed by atoms with E-state index in [1.165, 1.54) is 6.08 Å². The molecule has 1 aliphatic rings. The molecule has 1 heterocycles. The number of urea groups is 1. The van der Waals surface area contributed by atoms with Gasteiger partial charge < -0.3 is 14.2 Å². The third kappa shape index (κ3) is 5.80. The lowest BCUT2D eigenvalue weighted by molar-refractivity contribution is -0.122. The molecule has 1 fully saturated rings. The number of barbiturate groups is 1. The molecule has 9 heteroatoms. The minimum absolute atomic E-state index is 0.234. The molecule has 4 amide bonds. The van der Waals surface area contributed by atoms with Gasteiger partial charge in [0, 0.05) is 5.56 Å². The molecule has 0 saturated carbocycles. The Kier molecular flexibility index (Phi) is 8.45. The van der Waals surface area contributed by atoms with E-state index in [1.807, 2.05) is 39.0 Å². The zero-order chi connectivity index (χ0) is 29.8. The maximum atomic E-state index is 13.4. The van der Waals surface area contributed by atoms with Gasteiger partial charge in [0.2, 0.25) is 0 Å². The Hall–Kier alpha value is -4.82. The van der Waals surface area contributed by atoms with Crippen LogP contribution in [-0.2, 0) is 16.2 Å². The minimum Gasteiger partial charge on any atom is -0.494 e. The van der Waals surface area contributed by atoms with Gasteiger partial charge in [0.1, 0.15) is 17.9 Å². The zero-order valence-electron chi connectivity index (χ0n) is 23.4. The number of halogens is 1. The van der Waals surface area contributed by atoms with Crippen molar-refractivity contribution in [3.05, 3.63) is 100 Å². The van der Waals surface area contributed by atoms with Crippen LogP contribution < -0.4 is 24.4 Å². The number of ether oxygens (including phenoxy) is 3. The summed E-state index contributed by atoms with van der Waals surface area (Å²) in [5.74, 6) is -0.285. The molecular formula is C33H29ClN2O6.